The molecule has 1 saturated heterocycles. The summed E-state index contributed by atoms with van der Waals surface area (Å²) < 4.78 is 5.25. The second-order valence-electron chi connectivity index (χ2n) is 6.95. The minimum atomic E-state index is -0.390. The minimum absolute atomic E-state index is 0.117. The van der Waals surface area contributed by atoms with Gasteiger partial charge in [-0.05, 0) is 49.6 Å². The van der Waals surface area contributed by atoms with Gasteiger partial charge in [-0.2, -0.15) is 0 Å². The maximum atomic E-state index is 13.0. The fourth-order valence-corrected chi connectivity index (χ4v) is 3.74. The second-order valence-corrected chi connectivity index (χ2v) is 6.95. The first-order valence-corrected chi connectivity index (χ1v) is 8.98. The molecule has 1 fully saturated rings. The van der Waals surface area contributed by atoms with Crippen LogP contribution in [0.1, 0.15) is 29.0 Å². The number of imide groups is 1. The van der Waals surface area contributed by atoms with Crippen molar-refractivity contribution in [3.05, 3.63) is 66.1 Å². The number of hydrogen-bond acceptors (Lipinski definition) is 4. The summed E-state index contributed by atoms with van der Waals surface area (Å²) in [4.78, 5) is 41.2. The average Bonchev–Trinajstić information content (AvgIpc) is 3.29. The molecule has 1 aromatic heterocycles. The number of carbonyl (C=O) groups is 3. The molecule has 0 unspecified atom stereocenters. The van der Waals surface area contributed by atoms with Crippen molar-refractivity contribution in [1.29, 1.82) is 0 Å². The Balaban J connectivity index is 1.66. The van der Waals surface area contributed by atoms with Crippen molar-refractivity contribution in [2.24, 2.45) is 11.8 Å². The molecule has 138 valence electrons. The van der Waals surface area contributed by atoms with E-state index in [1.807, 2.05) is 37.3 Å². The third-order valence-corrected chi connectivity index (χ3v) is 5.17. The number of fused-ring (bicyclic) bond motifs is 1. The van der Waals surface area contributed by atoms with Crippen molar-refractivity contribution < 1.29 is 18.8 Å². The Labute approximate surface area is 157 Å². The lowest BCUT2D eigenvalue weighted by Gasteiger charge is -2.27. The minimum Gasteiger partial charge on any atom is -0.459 e. The first-order valence-electron chi connectivity index (χ1n) is 8.98. The number of nitrogens with zero attached hydrogens (tertiary/aromatic N) is 2. The molecule has 2 aromatic rings. The maximum absolute atomic E-state index is 13.0. The van der Waals surface area contributed by atoms with Crippen LogP contribution >= 0.6 is 0 Å². The van der Waals surface area contributed by atoms with Crippen molar-refractivity contribution in [3.63, 3.8) is 0 Å². The molecule has 3 amide bonds. The number of carbonyl (C=O) groups excluding carboxylic acids is 3. The molecule has 0 saturated carbocycles. The number of anilines is 1. The zero-order chi connectivity index (χ0) is 19.0. The predicted molar refractivity (Wildman–Crippen MR) is 98.8 cm³/mol. The highest BCUT2D eigenvalue weighted by molar-refractivity contribution is 6.08. The third kappa shape index (κ3) is 3.07. The number of rotatable bonds is 4. The van der Waals surface area contributed by atoms with Crippen LogP contribution in [0.25, 0.3) is 0 Å². The molecule has 0 radical (unpaired) electrons. The van der Waals surface area contributed by atoms with E-state index in [0.717, 1.165) is 5.56 Å². The van der Waals surface area contributed by atoms with Crippen LogP contribution in [0.4, 0.5) is 5.69 Å². The van der Waals surface area contributed by atoms with E-state index in [0.29, 0.717) is 18.5 Å². The summed E-state index contributed by atoms with van der Waals surface area (Å²) in [6.45, 7) is 1.80. The van der Waals surface area contributed by atoms with Crippen LogP contribution in [-0.2, 0) is 9.59 Å². The van der Waals surface area contributed by atoms with E-state index in [2.05, 4.69) is 0 Å². The number of benzene rings is 1. The van der Waals surface area contributed by atoms with Crippen LogP contribution in [0.3, 0.4) is 0 Å². The largest absolute Gasteiger partial charge is 0.459 e. The molecule has 4 rings (SSSR count). The van der Waals surface area contributed by atoms with Crippen LogP contribution < -0.4 is 4.90 Å². The van der Waals surface area contributed by atoms with Gasteiger partial charge in [0.25, 0.3) is 5.91 Å². The Hall–Kier alpha value is -3.15. The molecule has 0 bridgehead atoms. The summed E-state index contributed by atoms with van der Waals surface area (Å²) >= 11 is 0. The van der Waals surface area contributed by atoms with E-state index >= 15 is 0 Å². The van der Waals surface area contributed by atoms with Gasteiger partial charge in [0.15, 0.2) is 5.76 Å². The fraction of sp³-hybridized carbons (Fsp3) is 0.286. The van der Waals surface area contributed by atoms with Gasteiger partial charge < -0.3 is 4.42 Å². The first kappa shape index (κ1) is 17.3. The second kappa shape index (κ2) is 6.87. The van der Waals surface area contributed by atoms with Crippen molar-refractivity contribution in [1.82, 2.24) is 4.90 Å². The molecule has 1 aromatic carbocycles. The van der Waals surface area contributed by atoms with E-state index in [1.165, 1.54) is 16.1 Å². The summed E-state index contributed by atoms with van der Waals surface area (Å²) in [6, 6.07) is 10.6. The molecule has 6 heteroatoms. The van der Waals surface area contributed by atoms with E-state index in [-0.39, 0.29) is 42.0 Å². The van der Waals surface area contributed by atoms with Gasteiger partial charge in [-0.15, -0.1) is 0 Å². The van der Waals surface area contributed by atoms with E-state index < -0.39 is 0 Å². The van der Waals surface area contributed by atoms with Crippen LogP contribution in [0.5, 0.6) is 0 Å². The van der Waals surface area contributed by atoms with Gasteiger partial charge in [0.05, 0.1) is 18.1 Å². The smallest absolute Gasteiger partial charge is 0.295 e. The number of amides is 3. The Morgan fingerprint density at radius 3 is 2.41 bits per heavy atom. The van der Waals surface area contributed by atoms with Gasteiger partial charge in [-0.25, -0.2) is 0 Å². The van der Waals surface area contributed by atoms with Crippen LogP contribution in [0, 0.1) is 18.8 Å². The maximum Gasteiger partial charge on any atom is 0.295 e. The molecular formula is C21H20N2O4. The highest BCUT2D eigenvalue weighted by Gasteiger charge is 2.48. The zero-order valence-corrected chi connectivity index (χ0v) is 15.0. The predicted octanol–water partition coefficient (Wildman–Crippen LogP) is 3.14. The van der Waals surface area contributed by atoms with Gasteiger partial charge in [0.1, 0.15) is 6.67 Å². The highest BCUT2D eigenvalue weighted by atomic mass is 16.3. The van der Waals surface area contributed by atoms with Gasteiger partial charge in [0.2, 0.25) is 11.8 Å². The van der Waals surface area contributed by atoms with Crippen molar-refractivity contribution in [2.75, 3.05) is 11.6 Å². The quantitative estimate of drug-likeness (QED) is 0.617. The highest BCUT2D eigenvalue weighted by Crippen LogP contribution is 2.35. The van der Waals surface area contributed by atoms with Crippen molar-refractivity contribution >= 4 is 23.4 Å². The lowest BCUT2D eigenvalue weighted by Crippen LogP contribution is -2.44. The van der Waals surface area contributed by atoms with Gasteiger partial charge in [-0.3, -0.25) is 24.2 Å². The average molecular weight is 364 g/mol. The van der Waals surface area contributed by atoms with Crippen LogP contribution in [-0.4, -0.2) is 29.3 Å². The normalized spacial score (nSPS) is 21.4. The summed E-state index contributed by atoms with van der Waals surface area (Å²) in [5, 5.41) is 0. The lowest BCUT2D eigenvalue weighted by atomic mass is 9.85. The molecule has 6 nitrogen and oxygen atoms in total. The molecule has 27 heavy (non-hydrogen) atoms. The Morgan fingerprint density at radius 1 is 1.11 bits per heavy atom. The van der Waals surface area contributed by atoms with Crippen molar-refractivity contribution in [3.8, 4) is 0 Å². The summed E-state index contributed by atoms with van der Waals surface area (Å²) in [6.07, 6.45) is 6.46. The number of furan rings is 1. The Morgan fingerprint density at radius 2 is 1.81 bits per heavy atom. The SMILES string of the molecule is Cc1cccc(N(CN2C(=O)[C@H]3CC=CC[C@H]3C2=O)C(=O)c2ccco2)c1. The molecule has 2 heterocycles. The standard InChI is InChI=1S/C21H20N2O4/c1-14-6-4-7-15(12-14)22(21(26)18-10-5-11-27-18)13-23-19(24)16-8-2-3-9-17(16)20(23)25/h2-7,10-12,16-17H,8-9,13H2,1H3/t16-,17+. The number of aryl methyl sites for hydroxylation is 1. The molecule has 1 aliphatic carbocycles. The number of allylic oxidation sites excluding steroid dienone is 2. The molecule has 0 N–H and O–H groups in total. The van der Waals surface area contributed by atoms with Gasteiger partial charge in [-0.1, -0.05) is 24.3 Å². The lowest BCUT2D eigenvalue weighted by molar-refractivity contribution is -0.139. The van der Waals surface area contributed by atoms with Crippen molar-refractivity contribution in [2.45, 2.75) is 19.8 Å². The van der Waals surface area contributed by atoms with E-state index in [1.54, 1.807) is 18.2 Å². The summed E-state index contributed by atoms with van der Waals surface area (Å²) in [5.41, 5.74) is 1.59. The first-order chi connectivity index (χ1) is 13.1. The van der Waals surface area contributed by atoms with Gasteiger partial charge >= 0.3 is 0 Å². The zero-order valence-electron chi connectivity index (χ0n) is 15.0. The topological polar surface area (TPSA) is 70.8 Å². The number of hydrogen-bond donors (Lipinski definition) is 0. The van der Waals surface area contributed by atoms with Crippen LogP contribution in [0.2, 0.25) is 0 Å². The summed E-state index contributed by atoms with van der Waals surface area (Å²) in [5.74, 6) is -1.28. The Bertz CT molecular complexity index is 890. The molecular weight excluding hydrogens is 344 g/mol. The van der Waals surface area contributed by atoms with E-state index in [4.69, 9.17) is 4.42 Å². The molecule has 0 spiro atoms. The Kier molecular flexibility index (Phi) is 4.39. The third-order valence-electron chi connectivity index (χ3n) is 5.17. The molecule has 1 aliphatic heterocycles. The number of likely N-dealkylation sites (tertiary alicyclic amines) is 1. The van der Waals surface area contributed by atoms with E-state index in [9.17, 15) is 14.4 Å². The summed E-state index contributed by atoms with van der Waals surface area (Å²) in [7, 11) is 0. The molecule has 2 aliphatic rings. The molecule has 2 atom stereocenters. The van der Waals surface area contributed by atoms with Gasteiger partial charge in [0, 0.05) is 5.69 Å². The van der Waals surface area contributed by atoms with Crippen LogP contribution in [0.15, 0.2) is 59.2 Å². The monoisotopic (exact) mass is 364 g/mol. The fourth-order valence-electron chi connectivity index (χ4n) is 3.74.